The van der Waals surface area contributed by atoms with E-state index in [0.717, 1.165) is 70.2 Å². The molecule has 124 valence electrons. The van der Waals surface area contributed by atoms with Gasteiger partial charge in [-0.05, 0) is 25.2 Å². The molecule has 1 aliphatic carbocycles. The molecular formula is C17H24N4O2. The van der Waals surface area contributed by atoms with Crippen LogP contribution in [0.4, 0.5) is 5.82 Å². The van der Waals surface area contributed by atoms with E-state index >= 15 is 0 Å². The maximum Gasteiger partial charge on any atom is 0.222 e. The van der Waals surface area contributed by atoms with Crippen molar-refractivity contribution in [2.24, 2.45) is 5.92 Å². The predicted molar refractivity (Wildman–Crippen MR) is 86.4 cm³/mol. The summed E-state index contributed by atoms with van der Waals surface area (Å²) in [6.07, 6.45) is 6.56. The Morgan fingerprint density at radius 2 is 1.91 bits per heavy atom. The second-order valence-corrected chi connectivity index (χ2v) is 6.75. The second kappa shape index (κ2) is 6.43. The van der Waals surface area contributed by atoms with Crippen molar-refractivity contribution in [3.8, 4) is 0 Å². The van der Waals surface area contributed by atoms with Gasteiger partial charge in [-0.2, -0.15) is 0 Å². The Morgan fingerprint density at radius 3 is 2.70 bits per heavy atom. The van der Waals surface area contributed by atoms with Crippen LogP contribution < -0.4 is 4.90 Å². The van der Waals surface area contributed by atoms with Crippen molar-refractivity contribution in [3.63, 3.8) is 0 Å². The van der Waals surface area contributed by atoms with E-state index in [2.05, 4.69) is 14.9 Å². The lowest BCUT2D eigenvalue weighted by molar-refractivity contribution is -0.131. The van der Waals surface area contributed by atoms with E-state index in [1.807, 2.05) is 4.90 Å². The Morgan fingerprint density at radius 1 is 1.13 bits per heavy atom. The van der Waals surface area contributed by atoms with Crippen molar-refractivity contribution in [2.45, 2.75) is 32.1 Å². The molecule has 1 aromatic heterocycles. The van der Waals surface area contributed by atoms with E-state index in [0.29, 0.717) is 11.8 Å². The van der Waals surface area contributed by atoms with Crippen LogP contribution in [0.1, 0.15) is 30.5 Å². The highest BCUT2D eigenvalue weighted by atomic mass is 16.5. The minimum absolute atomic E-state index is 0.321. The molecule has 23 heavy (non-hydrogen) atoms. The van der Waals surface area contributed by atoms with Gasteiger partial charge in [-0.15, -0.1) is 0 Å². The van der Waals surface area contributed by atoms with Gasteiger partial charge in [0.2, 0.25) is 5.91 Å². The summed E-state index contributed by atoms with van der Waals surface area (Å²) in [5, 5.41) is 0. The van der Waals surface area contributed by atoms with Crippen molar-refractivity contribution in [3.05, 3.63) is 17.6 Å². The summed E-state index contributed by atoms with van der Waals surface area (Å²) in [5.74, 6) is 2.02. The molecule has 3 aliphatic rings. The Labute approximate surface area is 136 Å². The van der Waals surface area contributed by atoms with Crippen molar-refractivity contribution >= 4 is 11.7 Å². The Hall–Kier alpha value is -1.69. The third kappa shape index (κ3) is 3.32. The van der Waals surface area contributed by atoms with Gasteiger partial charge in [0, 0.05) is 44.6 Å². The number of fused-ring (bicyclic) bond motifs is 1. The van der Waals surface area contributed by atoms with Gasteiger partial charge in [0.15, 0.2) is 0 Å². The first-order valence-corrected chi connectivity index (χ1v) is 8.74. The van der Waals surface area contributed by atoms with Crippen LogP contribution in [0.15, 0.2) is 6.33 Å². The average molecular weight is 316 g/mol. The fraction of sp³-hybridized carbons (Fsp3) is 0.706. The molecule has 0 N–H and O–H groups in total. The lowest BCUT2D eigenvalue weighted by Crippen LogP contribution is -2.37. The topological polar surface area (TPSA) is 58.6 Å². The van der Waals surface area contributed by atoms with Crippen LogP contribution in [0.3, 0.4) is 0 Å². The zero-order chi connectivity index (χ0) is 15.6. The number of hydrogen-bond donors (Lipinski definition) is 0. The fourth-order valence-corrected chi connectivity index (χ4v) is 3.50. The van der Waals surface area contributed by atoms with E-state index in [-0.39, 0.29) is 0 Å². The van der Waals surface area contributed by atoms with E-state index in [1.165, 1.54) is 18.4 Å². The van der Waals surface area contributed by atoms with Gasteiger partial charge in [0.25, 0.3) is 0 Å². The lowest BCUT2D eigenvalue weighted by atomic mass is 10.1. The van der Waals surface area contributed by atoms with Gasteiger partial charge in [-0.1, -0.05) is 0 Å². The van der Waals surface area contributed by atoms with Crippen LogP contribution in [-0.2, 0) is 22.4 Å². The molecule has 0 atom stereocenters. The van der Waals surface area contributed by atoms with E-state index < -0.39 is 0 Å². The third-order valence-corrected chi connectivity index (χ3v) is 5.09. The maximum absolute atomic E-state index is 12.4. The van der Waals surface area contributed by atoms with Crippen molar-refractivity contribution in [1.29, 1.82) is 0 Å². The SMILES string of the molecule is O=C(CC1CC1)N1CCc2ncnc(N3CCOCC3)c2CC1. The lowest BCUT2D eigenvalue weighted by Gasteiger charge is -2.29. The molecule has 0 unspecified atom stereocenters. The molecule has 6 nitrogen and oxygen atoms in total. The first-order valence-electron chi connectivity index (χ1n) is 8.74. The predicted octanol–water partition coefficient (Wildman–Crippen LogP) is 1.04. The zero-order valence-electron chi connectivity index (χ0n) is 13.5. The van der Waals surface area contributed by atoms with Gasteiger partial charge in [-0.25, -0.2) is 9.97 Å². The van der Waals surface area contributed by atoms with Crippen LogP contribution >= 0.6 is 0 Å². The first kappa shape index (κ1) is 14.9. The quantitative estimate of drug-likeness (QED) is 0.834. The molecule has 0 aromatic carbocycles. The van der Waals surface area contributed by atoms with Gasteiger partial charge < -0.3 is 14.5 Å². The number of anilines is 1. The normalized spacial score (nSPS) is 21.7. The maximum atomic E-state index is 12.4. The number of hydrogen-bond acceptors (Lipinski definition) is 5. The number of morpholine rings is 1. The van der Waals surface area contributed by atoms with Crippen LogP contribution in [0.5, 0.6) is 0 Å². The molecule has 1 saturated carbocycles. The standard InChI is InChI=1S/C17H24N4O2/c22-16(11-13-1-2-13)20-5-3-14-15(4-6-20)18-12-19-17(14)21-7-9-23-10-8-21/h12-13H,1-11H2. The molecular weight excluding hydrogens is 292 g/mol. The summed E-state index contributed by atoms with van der Waals surface area (Å²) < 4.78 is 5.44. The van der Waals surface area contributed by atoms with E-state index in [1.54, 1.807) is 6.33 Å². The average Bonchev–Trinajstić information content (AvgIpc) is 3.41. The third-order valence-electron chi connectivity index (χ3n) is 5.09. The Bertz CT molecular complexity index is 582. The van der Waals surface area contributed by atoms with Crippen LogP contribution in [0, 0.1) is 5.92 Å². The van der Waals surface area contributed by atoms with Crippen molar-refractivity contribution < 1.29 is 9.53 Å². The van der Waals surface area contributed by atoms with Gasteiger partial charge in [0.05, 0.1) is 18.9 Å². The van der Waals surface area contributed by atoms with Crippen LogP contribution in [0.25, 0.3) is 0 Å². The summed E-state index contributed by atoms with van der Waals surface area (Å²) in [5.41, 5.74) is 2.35. The molecule has 1 amide bonds. The molecule has 1 aromatic rings. The van der Waals surface area contributed by atoms with Crippen molar-refractivity contribution in [2.75, 3.05) is 44.3 Å². The number of carbonyl (C=O) groups excluding carboxylic acids is 1. The zero-order valence-corrected chi connectivity index (χ0v) is 13.5. The molecule has 2 fully saturated rings. The van der Waals surface area contributed by atoms with Gasteiger partial charge in [-0.3, -0.25) is 4.79 Å². The highest BCUT2D eigenvalue weighted by Crippen LogP contribution is 2.33. The van der Waals surface area contributed by atoms with E-state index in [4.69, 9.17) is 4.74 Å². The molecule has 0 bridgehead atoms. The molecule has 2 aliphatic heterocycles. The molecule has 6 heteroatoms. The number of nitrogens with zero attached hydrogens (tertiary/aromatic N) is 4. The number of rotatable bonds is 3. The van der Waals surface area contributed by atoms with Crippen LogP contribution in [-0.4, -0.2) is 60.2 Å². The minimum Gasteiger partial charge on any atom is -0.378 e. The number of amides is 1. The summed E-state index contributed by atoms with van der Waals surface area (Å²) >= 11 is 0. The summed E-state index contributed by atoms with van der Waals surface area (Å²) in [4.78, 5) is 25.8. The highest BCUT2D eigenvalue weighted by molar-refractivity contribution is 5.77. The summed E-state index contributed by atoms with van der Waals surface area (Å²) in [6.45, 7) is 4.86. The monoisotopic (exact) mass is 316 g/mol. The molecule has 3 heterocycles. The number of carbonyl (C=O) groups is 1. The molecule has 4 rings (SSSR count). The van der Waals surface area contributed by atoms with Gasteiger partial charge >= 0.3 is 0 Å². The minimum atomic E-state index is 0.321. The Kier molecular flexibility index (Phi) is 4.16. The molecule has 0 spiro atoms. The van der Waals surface area contributed by atoms with Crippen molar-refractivity contribution in [1.82, 2.24) is 14.9 Å². The number of ether oxygens (including phenoxy) is 1. The fourth-order valence-electron chi connectivity index (χ4n) is 3.50. The smallest absolute Gasteiger partial charge is 0.222 e. The summed E-state index contributed by atoms with van der Waals surface area (Å²) in [7, 11) is 0. The molecule has 0 radical (unpaired) electrons. The highest BCUT2D eigenvalue weighted by Gasteiger charge is 2.29. The second-order valence-electron chi connectivity index (χ2n) is 6.75. The van der Waals surface area contributed by atoms with Crippen LogP contribution in [0.2, 0.25) is 0 Å². The summed E-state index contributed by atoms with van der Waals surface area (Å²) in [6, 6.07) is 0. The first-order chi connectivity index (χ1) is 11.3. The largest absolute Gasteiger partial charge is 0.378 e. The van der Waals surface area contributed by atoms with E-state index in [9.17, 15) is 4.79 Å². The molecule has 1 saturated heterocycles. The number of aromatic nitrogens is 2. The van der Waals surface area contributed by atoms with Gasteiger partial charge in [0.1, 0.15) is 12.1 Å². The Balaban J connectivity index is 1.50.